The van der Waals surface area contributed by atoms with Gasteiger partial charge in [0.25, 0.3) is 0 Å². The van der Waals surface area contributed by atoms with Crippen molar-refractivity contribution in [3.63, 3.8) is 0 Å². The van der Waals surface area contributed by atoms with Gasteiger partial charge in [-0.25, -0.2) is 9.59 Å². The number of hydrogen-bond donors (Lipinski definition) is 3. The van der Waals surface area contributed by atoms with Crippen LogP contribution in [0.5, 0.6) is 5.75 Å². The van der Waals surface area contributed by atoms with Crippen LogP contribution in [0.3, 0.4) is 0 Å². The van der Waals surface area contributed by atoms with Crippen molar-refractivity contribution in [2.75, 3.05) is 11.9 Å². The van der Waals surface area contributed by atoms with Gasteiger partial charge in [0.2, 0.25) is 0 Å². The molecule has 1 aliphatic carbocycles. The molecule has 2 amide bonds. The summed E-state index contributed by atoms with van der Waals surface area (Å²) in [5, 5.41) is 14.2. The molecule has 114 valence electrons. The number of anilines is 1. The topological polar surface area (TPSA) is 87.7 Å². The predicted octanol–water partition coefficient (Wildman–Crippen LogP) is 2.46. The van der Waals surface area contributed by atoms with Crippen LogP contribution < -0.4 is 15.4 Å². The van der Waals surface area contributed by atoms with Gasteiger partial charge in [-0.15, -0.1) is 0 Å². The quantitative estimate of drug-likeness (QED) is 0.720. The number of rotatable bonds is 7. The van der Waals surface area contributed by atoms with Crippen molar-refractivity contribution in [2.45, 2.75) is 32.2 Å². The van der Waals surface area contributed by atoms with Crippen molar-refractivity contribution in [3.05, 3.63) is 24.3 Å². The maximum atomic E-state index is 11.8. The summed E-state index contributed by atoms with van der Waals surface area (Å²) in [5.74, 6) is 0.0451. The number of ether oxygens (including phenoxy) is 1. The molecule has 1 aliphatic rings. The van der Waals surface area contributed by atoms with Gasteiger partial charge in [-0.05, 0) is 43.0 Å². The second-order valence-electron chi connectivity index (χ2n) is 5.20. The smallest absolute Gasteiger partial charge is 0.341 e. The SMILES string of the molecule is CCCC1CC1NC(=O)Nc1ccc(OCC(=O)O)cc1. The van der Waals surface area contributed by atoms with Gasteiger partial charge < -0.3 is 20.5 Å². The number of carbonyl (C=O) groups is 2. The maximum absolute atomic E-state index is 11.8. The number of carboxylic acids is 1. The van der Waals surface area contributed by atoms with Crippen LogP contribution in [0.25, 0.3) is 0 Å². The molecule has 0 aliphatic heterocycles. The van der Waals surface area contributed by atoms with Crippen molar-refractivity contribution in [2.24, 2.45) is 5.92 Å². The second-order valence-corrected chi connectivity index (χ2v) is 5.20. The lowest BCUT2D eigenvalue weighted by Gasteiger charge is -2.08. The normalized spacial score (nSPS) is 19.7. The van der Waals surface area contributed by atoms with Crippen molar-refractivity contribution >= 4 is 17.7 Å². The summed E-state index contributed by atoms with van der Waals surface area (Å²) in [7, 11) is 0. The first-order valence-electron chi connectivity index (χ1n) is 7.10. The summed E-state index contributed by atoms with van der Waals surface area (Å²) < 4.78 is 5.02. The van der Waals surface area contributed by atoms with Crippen LogP contribution in [0, 0.1) is 5.92 Å². The van der Waals surface area contributed by atoms with Crippen LogP contribution in [-0.4, -0.2) is 29.8 Å². The third-order valence-corrected chi connectivity index (χ3v) is 3.37. The van der Waals surface area contributed by atoms with Gasteiger partial charge in [-0.3, -0.25) is 0 Å². The van der Waals surface area contributed by atoms with Crippen molar-refractivity contribution in [3.8, 4) is 5.75 Å². The third-order valence-electron chi connectivity index (χ3n) is 3.37. The van der Waals surface area contributed by atoms with Gasteiger partial charge in [-0.1, -0.05) is 13.3 Å². The molecule has 1 aromatic carbocycles. The van der Waals surface area contributed by atoms with E-state index in [-0.39, 0.29) is 12.6 Å². The first kappa shape index (κ1) is 15.2. The van der Waals surface area contributed by atoms with Gasteiger partial charge in [0.1, 0.15) is 5.75 Å². The summed E-state index contributed by atoms with van der Waals surface area (Å²) in [6, 6.07) is 6.67. The van der Waals surface area contributed by atoms with Crippen molar-refractivity contribution in [1.82, 2.24) is 5.32 Å². The highest BCUT2D eigenvalue weighted by molar-refractivity contribution is 5.89. The number of amides is 2. The Morgan fingerprint density at radius 2 is 2.05 bits per heavy atom. The lowest BCUT2D eigenvalue weighted by atomic mass is 10.2. The Kier molecular flexibility index (Phi) is 5.03. The first-order valence-corrected chi connectivity index (χ1v) is 7.10. The molecule has 2 atom stereocenters. The van der Waals surface area contributed by atoms with E-state index in [1.807, 2.05) is 0 Å². The summed E-state index contributed by atoms with van der Waals surface area (Å²) in [6.07, 6.45) is 3.35. The average Bonchev–Trinajstić information content (AvgIpc) is 3.16. The number of benzene rings is 1. The number of urea groups is 1. The molecular weight excluding hydrogens is 272 g/mol. The van der Waals surface area contributed by atoms with Crippen molar-refractivity contribution < 1.29 is 19.4 Å². The molecular formula is C15H20N2O4. The number of hydrogen-bond acceptors (Lipinski definition) is 3. The second kappa shape index (κ2) is 6.97. The Labute approximate surface area is 123 Å². The van der Waals surface area contributed by atoms with E-state index < -0.39 is 5.97 Å². The molecule has 1 aromatic rings. The van der Waals surface area contributed by atoms with Crippen molar-refractivity contribution in [1.29, 1.82) is 0 Å². The summed E-state index contributed by atoms with van der Waals surface area (Å²) in [4.78, 5) is 22.2. The summed E-state index contributed by atoms with van der Waals surface area (Å²) >= 11 is 0. The maximum Gasteiger partial charge on any atom is 0.341 e. The Morgan fingerprint density at radius 3 is 2.67 bits per heavy atom. The Balaban J connectivity index is 1.75. The molecule has 21 heavy (non-hydrogen) atoms. The lowest BCUT2D eigenvalue weighted by Crippen LogP contribution is -2.31. The van der Waals surface area contributed by atoms with Gasteiger partial charge in [0, 0.05) is 11.7 Å². The first-order chi connectivity index (χ1) is 10.1. The average molecular weight is 292 g/mol. The molecule has 0 aromatic heterocycles. The van der Waals surface area contributed by atoms with Crippen LogP contribution in [0.2, 0.25) is 0 Å². The van der Waals surface area contributed by atoms with E-state index in [0.29, 0.717) is 23.4 Å². The van der Waals surface area contributed by atoms with Crippen LogP contribution in [-0.2, 0) is 4.79 Å². The lowest BCUT2D eigenvalue weighted by molar-refractivity contribution is -0.139. The minimum Gasteiger partial charge on any atom is -0.482 e. The monoisotopic (exact) mass is 292 g/mol. The molecule has 2 rings (SSSR count). The van der Waals surface area contributed by atoms with E-state index in [1.54, 1.807) is 24.3 Å². The molecule has 6 nitrogen and oxygen atoms in total. The molecule has 3 N–H and O–H groups in total. The molecule has 0 radical (unpaired) electrons. The van der Waals surface area contributed by atoms with E-state index in [0.717, 1.165) is 19.3 Å². The number of aliphatic carboxylic acids is 1. The minimum absolute atomic E-state index is 0.210. The Morgan fingerprint density at radius 1 is 1.33 bits per heavy atom. The standard InChI is InChI=1S/C15H20N2O4/c1-2-3-10-8-13(10)17-15(20)16-11-4-6-12(7-5-11)21-9-14(18)19/h4-7,10,13H,2-3,8-9H2,1H3,(H,18,19)(H2,16,17,20). The molecule has 1 saturated carbocycles. The van der Waals surface area contributed by atoms with E-state index in [9.17, 15) is 9.59 Å². The zero-order chi connectivity index (χ0) is 15.2. The Bertz CT molecular complexity index is 501. The zero-order valence-corrected chi connectivity index (χ0v) is 12.0. The molecule has 0 bridgehead atoms. The van der Waals surface area contributed by atoms with E-state index >= 15 is 0 Å². The fourth-order valence-electron chi connectivity index (χ4n) is 2.23. The summed E-state index contributed by atoms with van der Waals surface area (Å²) in [5.41, 5.74) is 0.642. The largest absolute Gasteiger partial charge is 0.482 e. The van der Waals surface area contributed by atoms with Crippen LogP contribution in [0.15, 0.2) is 24.3 Å². The predicted molar refractivity (Wildman–Crippen MR) is 78.5 cm³/mol. The third kappa shape index (κ3) is 4.98. The highest BCUT2D eigenvalue weighted by Gasteiger charge is 2.37. The van der Waals surface area contributed by atoms with Gasteiger partial charge in [0.15, 0.2) is 6.61 Å². The van der Waals surface area contributed by atoms with E-state index in [4.69, 9.17) is 9.84 Å². The molecule has 0 spiro atoms. The van der Waals surface area contributed by atoms with Crippen LogP contribution in [0.1, 0.15) is 26.2 Å². The van der Waals surface area contributed by atoms with Gasteiger partial charge in [0.05, 0.1) is 0 Å². The number of carbonyl (C=O) groups excluding carboxylic acids is 1. The van der Waals surface area contributed by atoms with E-state index in [2.05, 4.69) is 17.6 Å². The molecule has 2 unspecified atom stereocenters. The Hall–Kier alpha value is -2.24. The number of carboxylic acid groups (broad SMARTS) is 1. The fraction of sp³-hybridized carbons (Fsp3) is 0.467. The van der Waals surface area contributed by atoms with Crippen LogP contribution >= 0.6 is 0 Å². The molecule has 0 heterocycles. The highest BCUT2D eigenvalue weighted by Crippen LogP contribution is 2.34. The number of nitrogens with one attached hydrogen (secondary N) is 2. The molecule has 1 fully saturated rings. The zero-order valence-electron chi connectivity index (χ0n) is 12.0. The highest BCUT2D eigenvalue weighted by atomic mass is 16.5. The van der Waals surface area contributed by atoms with Gasteiger partial charge in [-0.2, -0.15) is 0 Å². The summed E-state index contributed by atoms with van der Waals surface area (Å²) in [6.45, 7) is 1.76. The van der Waals surface area contributed by atoms with E-state index in [1.165, 1.54) is 0 Å². The fourth-order valence-corrected chi connectivity index (χ4v) is 2.23. The molecule has 0 saturated heterocycles. The molecule has 6 heteroatoms. The van der Waals surface area contributed by atoms with Gasteiger partial charge >= 0.3 is 12.0 Å². The van der Waals surface area contributed by atoms with Crippen LogP contribution in [0.4, 0.5) is 10.5 Å². The minimum atomic E-state index is -1.03.